The lowest BCUT2D eigenvalue weighted by Gasteiger charge is -2.24. The summed E-state index contributed by atoms with van der Waals surface area (Å²) < 4.78 is 31.6. The third kappa shape index (κ3) is 4.30. The van der Waals surface area contributed by atoms with Crippen molar-refractivity contribution in [2.45, 2.75) is 31.7 Å². The number of rotatable bonds is 5. The highest BCUT2D eigenvalue weighted by atomic mass is 19.1. The first kappa shape index (κ1) is 16.5. The molecule has 1 saturated heterocycles. The molecule has 0 spiro atoms. The molecule has 2 rings (SSSR count). The molecule has 2 amide bonds. The molecule has 1 aromatic carbocycles. The number of carbonyl (C=O) groups excluding carboxylic acids is 1. The van der Waals surface area contributed by atoms with Crippen LogP contribution in [0.4, 0.5) is 13.6 Å². The number of aliphatic hydroxyl groups is 1. The first-order valence-corrected chi connectivity index (χ1v) is 7.21. The van der Waals surface area contributed by atoms with Crippen molar-refractivity contribution in [1.29, 1.82) is 0 Å². The fourth-order valence-corrected chi connectivity index (χ4v) is 2.40. The van der Waals surface area contributed by atoms with Crippen LogP contribution in [0.25, 0.3) is 0 Å². The van der Waals surface area contributed by atoms with Gasteiger partial charge < -0.3 is 20.1 Å². The Bertz CT molecular complexity index is 498. The molecule has 3 unspecified atom stereocenters. The van der Waals surface area contributed by atoms with Crippen LogP contribution in [-0.2, 0) is 0 Å². The van der Waals surface area contributed by atoms with E-state index in [-0.39, 0.29) is 38.0 Å². The van der Waals surface area contributed by atoms with Crippen LogP contribution >= 0.6 is 0 Å². The highest BCUT2D eigenvalue weighted by Crippen LogP contribution is 2.20. The first-order valence-electron chi connectivity index (χ1n) is 7.21. The molecule has 5 nitrogen and oxygen atoms in total. The second-order valence-electron chi connectivity index (χ2n) is 5.39. The summed E-state index contributed by atoms with van der Waals surface area (Å²) >= 11 is 0. The van der Waals surface area contributed by atoms with E-state index in [2.05, 4.69) is 5.32 Å². The minimum Gasteiger partial charge on any atom is -0.489 e. The van der Waals surface area contributed by atoms with Crippen molar-refractivity contribution < 1.29 is 23.4 Å². The van der Waals surface area contributed by atoms with Crippen LogP contribution in [-0.4, -0.2) is 54.1 Å². The summed E-state index contributed by atoms with van der Waals surface area (Å²) in [5.41, 5.74) is 0. The van der Waals surface area contributed by atoms with Gasteiger partial charge in [0.2, 0.25) is 0 Å². The molecule has 0 aromatic heterocycles. The second-order valence-corrected chi connectivity index (χ2v) is 5.39. The average Bonchev–Trinajstić information content (AvgIpc) is 2.88. The van der Waals surface area contributed by atoms with E-state index in [0.29, 0.717) is 5.75 Å². The van der Waals surface area contributed by atoms with Crippen LogP contribution in [0.5, 0.6) is 5.75 Å². The largest absolute Gasteiger partial charge is 0.489 e. The second kappa shape index (κ2) is 7.40. The molecule has 1 aromatic rings. The van der Waals surface area contributed by atoms with Crippen LogP contribution < -0.4 is 10.1 Å². The van der Waals surface area contributed by atoms with Gasteiger partial charge in [0.05, 0.1) is 25.7 Å². The Morgan fingerprint density at radius 3 is 2.82 bits per heavy atom. The molecule has 0 aliphatic carbocycles. The van der Waals surface area contributed by atoms with Crippen LogP contribution in [0.1, 0.15) is 13.3 Å². The van der Waals surface area contributed by atoms with Gasteiger partial charge in [0, 0.05) is 6.42 Å². The van der Waals surface area contributed by atoms with Gasteiger partial charge in [0.15, 0.2) is 0 Å². The van der Waals surface area contributed by atoms with Crippen molar-refractivity contribution in [3.8, 4) is 5.75 Å². The van der Waals surface area contributed by atoms with Crippen molar-refractivity contribution in [2.24, 2.45) is 0 Å². The summed E-state index contributed by atoms with van der Waals surface area (Å²) in [4.78, 5) is 13.3. The molecule has 0 radical (unpaired) electrons. The molecule has 3 atom stereocenters. The summed E-state index contributed by atoms with van der Waals surface area (Å²) in [6, 6.07) is 4.68. The fraction of sp³-hybridized carbons (Fsp3) is 0.533. The summed E-state index contributed by atoms with van der Waals surface area (Å²) in [5.74, 6) is 0.152. The van der Waals surface area contributed by atoms with Crippen molar-refractivity contribution in [2.75, 3.05) is 19.7 Å². The minimum atomic E-state index is -1.10. The molecule has 22 heavy (non-hydrogen) atoms. The third-order valence-electron chi connectivity index (χ3n) is 3.53. The lowest BCUT2D eigenvalue weighted by molar-refractivity contribution is 0.151. The van der Waals surface area contributed by atoms with E-state index < -0.39 is 18.2 Å². The predicted octanol–water partition coefficient (Wildman–Crippen LogP) is 1.71. The van der Waals surface area contributed by atoms with E-state index in [1.807, 2.05) is 0 Å². The zero-order valence-corrected chi connectivity index (χ0v) is 12.3. The van der Waals surface area contributed by atoms with Crippen LogP contribution in [0.3, 0.4) is 0 Å². The van der Waals surface area contributed by atoms with Gasteiger partial charge in [-0.25, -0.2) is 13.6 Å². The Labute approximate surface area is 127 Å². The van der Waals surface area contributed by atoms with Gasteiger partial charge in [-0.3, -0.25) is 0 Å². The highest BCUT2D eigenvalue weighted by molar-refractivity contribution is 5.75. The minimum absolute atomic E-state index is 0.00966. The number of amides is 2. The maximum absolute atomic E-state index is 13.3. The standard InChI is InChI=1S/C15H20F2N2O3/c1-10(22-14-4-2-11(16)3-5-14)7-18-15(21)19-8-12(17)6-13(19)9-20/h2-5,10,12-13,20H,6-9H2,1H3,(H,18,21). The van der Waals surface area contributed by atoms with Gasteiger partial charge in [-0.2, -0.15) is 0 Å². The zero-order chi connectivity index (χ0) is 16.1. The molecule has 1 fully saturated rings. The summed E-state index contributed by atoms with van der Waals surface area (Å²) in [6.45, 7) is 1.72. The number of nitrogens with zero attached hydrogens (tertiary/aromatic N) is 1. The lowest BCUT2D eigenvalue weighted by atomic mass is 10.2. The Kier molecular flexibility index (Phi) is 5.54. The Hall–Kier alpha value is -1.89. The van der Waals surface area contributed by atoms with Gasteiger partial charge >= 0.3 is 6.03 Å². The molecule has 122 valence electrons. The molecule has 7 heteroatoms. The van der Waals surface area contributed by atoms with Crippen molar-refractivity contribution >= 4 is 6.03 Å². The number of aliphatic hydroxyl groups excluding tert-OH is 1. The van der Waals surface area contributed by atoms with Gasteiger partial charge in [-0.15, -0.1) is 0 Å². The number of carbonyl (C=O) groups is 1. The number of urea groups is 1. The molecule has 1 aliphatic rings. The molecule has 2 N–H and O–H groups in total. The molecule has 1 heterocycles. The van der Waals surface area contributed by atoms with Crippen LogP contribution in [0.2, 0.25) is 0 Å². The Morgan fingerprint density at radius 1 is 1.50 bits per heavy atom. The van der Waals surface area contributed by atoms with Gasteiger partial charge in [0.1, 0.15) is 23.8 Å². The van der Waals surface area contributed by atoms with Gasteiger partial charge in [-0.1, -0.05) is 0 Å². The highest BCUT2D eigenvalue weighted by Gasteiger charge is 2.34. The normalized spacial score (nSPS) is 22.5. The Balaban J connectivity index is 1.79. The van der Waals surface area contributed by atoms with E-state index in [9.17, 15) is 13.6 Å². The maximum Gasteiger partial charge on any atom is 0.317 e. The smallest absolute Gasteiger partial charge is 0.317 e. The number of benzene rings is 1. The topological polar surface area (TPSA) is 61.8 Å². The summed E-state index contributed by atoms with van der Waals surface area (Å²) in [5, 5.41) is 11.8. The van der Waals surface area contributed by atoms with Crippen molar-refractivity contribution in [3.63, 3.8) is 0 Å². The fourth-order valence-electron chi connectivity index (χ4n) is 2.40. The van der Waals surface area contributed by atoms with E-state index in [0.717, 1.165) is 0 Å². The van der Waals surface area contributed by atoms with E-state index >= 15 is 0 Å². The van der Waals surface area contributed by atoms with Crippen LogP contribution in [0, 0.1) is 5.82 Å². The SMILES string of the molecule is CC(CNC(=O)N1CC(F)CC1CO)Oc1ccc(F)cc1. The lowest BCUT2D eigenvalue weighted by Crippen LogP contribution is -2.46. The number of nitrogens with one attached hydrogen (secondary N) is 1. The zero-order valence-electron chi connectivity index (χ0n) is 12.3. The number of halogens is 2. The number of likely N-dealkylation sites (tertiary alicyclic amines) is 1. The number of ether oxygens (including phenoxy) is 1. The average molecular weight is 314 g/mol. The number of hydrogen-bond acceptors (Lipinski definition) is 3. The maximum atomic E-state index is 13.3. The van der Waals surface area contributed by atoms with E-state index in [4.69, 9.17) is 9.84 Å². The first-order chi connectivity index (χ1) is 10.5. The summed E-state index contributed by atoms with van der Waals surface area (Å²) in [7, 11) is 0. The quantitative estimate of drug-likeness (QED) is 0.870. The molecule has 0 saturated carbocycles. The number of hydrogen-bond donors (Lipinski definition) is 2. The van der Waals surface area contributed by atoms with Crippen molar-refractivity contribution in [1.82, 2.24) is 10.2 Å². The molecule has 1 aliphatic heterocycles. The van der Waals surface area contributed by atoms with Gasteiger partial charge in [0.25, 0.3) is 0 Å². The molecular weight excluding hydrogens is 294 g/mol. The van der Waals surface area contributed by atoms with Gasteiger partial charge in [-0.05, 0) is 31.2 Å². The van der Waals surface area contributed by atoms with Crippen molar-refractivity contribution in [3.05, 3.63) is 30.1 Å². The molecule has 0 bridgehead atoms. The summed E-state index contributed by atoms with van der Waals surface area (Å²) in [6.07, 6.45) is -1.27. The predicted molar refractivity (Wildman–Crippen MR) is 77.0 cm³/mol. The number of alkyl halides is 1. The Morgan fingerprint density at radius 2 is 2.18 bits per heavy atom. The van der Waals surface area contributed by atoms with E-state index in [1.54, 1.807) is 6.92 Å². The van der Waals surface area contributed by atoms with E-state index in [1.165, 1.54) is 29.2 Å². The third-order valence-corrected chi connectivity index (χ3v) is 3.53. The van der Waals surface area contributed by atoms with Crippen LogP contribution in [0.15, 0.2) is 24.3 Å². The molecular formula is C15H20F2N2O3. The monoisotopic (exact) mass is 314 g/mol.